The largest absolute Gasteiger partial charge is 0.465 e. The fraction of sp³-hybridized carbons (Fsp3) is 0.250. The Balaban J connectivity index is 2.22. The van der Waals surface area contributed by atoms with Crippen LogP contribution in [-0.4, -0.2) is 35.0 Å². The van der Waals surface area contributed by atoms with Crippen molar-refractivity contribution in [3.8, 4) is 0 Å². The van der Waals surface area contributed by atoms with Gasteiger partial charge in [-0.1, -0.05) is 11.6 Å². The third kappa shape index (κ3) is 4.42. The number of ether oxygens (including phenoxy) is 1. The Morgan fingerprint density at radius 2 is 1.96 bits per heavy atom. The molecule has 0 bridgehead atoms. The van der Waals surface area contributed by atoms with Crippen LogP contribution in [0.4, 0.5) is 11.5 Å². The Morgan fingerprint density at radius 3 is 2.62 bits per heavy atom. The second-order valence-electron chi connectivity index (χ2n) is 5.23. The summed E-state index contributed by atoms with van der Waals surface area (Å²) >= 11 is 6.06. The number of halogens is 1. The number of benzene rings is 1. The fourth-order valence-electron chi connectivity index (χ4n) is 1.91. The average molecular weight is 349 g/mol. The van der Waals surface area contributed by atoms with Crippen molar-refractivity contribution in [2.75, 3.05) is 17.7 Å². The number of amides is 1. The quantitative estimate of drug-likeness (QED) is 0.807. The lowest BCUT2D eigenvalue weighted by atomic mass is 10.2. The topological polar surface area (TPSA) is 93.2 Å². The summed E-state index contributed by atoms with van der Waals surface area (Å²) < 4.78 is 4.65. The first-order valence-electron chi connectivity index (χ1n) is 7.18. The van der Waals surface area contributed by atoms with Crippen LogP contribution in [0, 0.1) is 0 Å². The van der Waals surface area contributed by atoms with Crippen LogP contribution in [0.1, 0.15) is 34.7 Å². The van der Waals surface area contributed by atoms with E-state index in [-0.39, 0.29) is 17.3 Å². The molecule has 2 rings (SSSR count). The highest BCUT2D eigenvalue weighted by molar-refractivity contribution is 6.34. The molecule has 126 valence electrons. The van der Waals surface area contributed by atoms with Gasteiger partial charge < -0.3 is 15.4 Å². The van der Waals surface area contributed by atoms with E-state index >= 15 is 0 Å². The zero-order valence-electron chi connectivity index (χ0n) is 13.5. The maximum absolute atomic E-state index is 12.4. The Bertz CT molecular complexity index is 765. The maximum Gasteiger partial charge on any atom is 0.337 e. The summed E-state index contributed by atoms with van der Waals surface area (Å²) in [4.78, 5) is 31.9. The summed E-state index contributed by atoms with van der Waals surface area (Å²) in [6.07, 6.45) is 1.30. The van der Waals surface area contributed by atoms with Crippen molar-refractivity contribution < 1.29 is 14.3 Å². The summed E-state index contributed by atoms with van der Waals surface area (Å²) in [6, 6.07) is 6.17. The van der Waals surface area contributed by atoms with Gasteiger partial charge in [-0.25, -0.2) is 14.8 Å². The van der Waals surface area contributed by atoms with Crippen molar-refractivity contribution in [2.24, 2.45) is 0 Å². The molecule has 0 atom stereocenters. The van der Waals surface area contributed by atoms with Crippen LogP contribution in [0.25, 0.3) is 0 Å². The van der Waals surface area contributed by atoms with E-state index in [1.165, 1.54) is 37.7 Å². The van der Waals surface area contributed by atoms with E-state index in [2.05, 4.69) is 25.3 Å². The third-order valence-electron chi connectivity index (χ3n) is 2.97. The zero-order valence-corrected chi connectivity index (χ0v) is 14.2. The molecule has 24 heavy (non-hydrogen) atoms. The highest BCUT2D eigenvalue weighted by Gasteiger charge is 2.14. The van der Waals surface area contributed by atoms with Gasteiger partial charge in [-0.3, -0.25) is 4.79 Å². The van der Waals surface area contributed by atoms with Crippen molar-refractivity contribution in [1.29, 1.82) is 0 Å². The van der Waals surface area contributed by atoms with Crippen LogP contribution in [-0.2, 0) is 4.74 Å². The number of hydrogen-bond donors (Lipinski definition) is 2. The summed E-state index contributed by atoms with van der Waals surface area (Å²) in [5, 5.41) is 6.02. The standard InChI is InChI=1S/C16H17ClN4O3/c1-9(2)20-14-7-13(18-8-19-14)15(22)21-12-6-10(16(23)24-3)4-5-11(12)17/h4-9H,1-3H3,(H,21,22)(H,18,19,20). The number of nitrogens with one attached hydrogen (secondary N) is 2. The van der Waals surface area contributed by atoms with Gasteiger partial charge in [0.25, 0.3) is 5.91 Å². The van der Waals surface area contributed by atoms with Gasteiger partial charge in [0, 0.05) is 12.1 Å². The van der Waals surface area contributed by atoms with E-state index in [1.54, 1.807) is 0 Å². The first kappa shape index (κ1) is 17.7. The molecule has 0 radical (unpaired) electrons. The lowest BCUT2D eigenvalue weighted by molar-refractivity contribution is 0.0600. The molecule has 8 heteroatoms. The van der Waals surface area contributed by atoms with Crippen molar-refractivity contribution in [2.45, 2.75) is 19.9 Å². The molecule has 2 N–H and O–H groups in total. The van der Waals surface area contributed by atoms with Crippen LogP contribution in [0.2, 0.25) is 5.02 Å². The smallest absolute Gasteiger partial charge is 0.337 e. The molecule has 0 aliphatic carbocycles. The first-order valence-corrected chi connectivity index (χ1v) is 7.56. The molecule has 7 nitrogen and oxygen atoms in total. The maximum atomic E-state index is 12.4. The number of anilines is 2. The lowest BCUT2D eigenvalue weighted by Crippen LogP contribution is -2.17. The Morgan fingerprint density at radius 1 is 1.21 bits per heavy atom. The Labute approximate surface area is 144 Å². The molecule has 0 saturated carbocycles. The van der Waals surface area contributed by atoms with Gasteiger partial charge >= 0.3 is 5.97 Å². The number of nitrogens with zero attached hydrogens (tertiary/aromatic N) is 2. The zero-order chi connectivity index (χ0) is 17.7. The van der Waals surface area contributed by atoms with Gasteiger partial charge in [-0.2, -0.15) is 0 Å². The monoisotopic (exact) mass is 348 g/mol. The van der Waals surface area contributed by atoms with E-state index < -0.39 is 11.9 Å². The summed E-state index contributed by atoms with van der Waals surface area (Å²) in [6.45, 7) is 3.92. The van der Waals surface area contributed by atoms with Gasteiger partial charge in [-0.05, 0) is 32.0 Å². The average Bonchev–Trinajstić information content (AvgIpc) is 2.55. The Kier molecular flexibility index (Phi) is 5.70. The van der Waals surface area contributed by atoms with Crippen LogP contribution < -0.4 is 10.6 Å². The highest BCUT2D eigenvalue weighted by Crippen LogP contribution is 2.24. The molecule has 1 amide bonds. The molecule has 1 heterocycles. The van der Waals surface area contributed by atoms with Crippen molar-refractivity contribution in [3.05, 3.63) is 46.9 Å². The van der Waals surface area contributed by atoms with E-state index in [1.807, 2.05) is 13.8 Å². The van der Waals surface area contributed by atoms with Gasteiger partial charge in [0.1, 0.15) is 17.8 Å². The number of carbonyl (C=O) groups is 2. The molecular weight excluding hydrogens is 332 g/mol. The predicted molar refractivity (Wildman–Crippen MR) is 91.5 cm³/mol. The van der Waals surface area contributed by atoms with E-state index in [0.29, 0.717) is 16.5 Å². The molecule has 0 aliphatic heterocycles. The minimum atomic E-state index is -0.521. The fourth-order valence-corrected chi connectivity index (χ4v) is 2.07. The van der Waals surface area contributed by atoms with Crippen LogP contribution >= 0.6 is 11.6 Å². The van der Waals surface area contributed by atoms with Crippen molar-refractivity contribution in [1.82, 2.24) is 9.97 Å². The highest BCUT2D eigenvalue weighted by atomic mass is 35.5. The second-order valence-corrected chi connectivity index (χ2v) is 5.64. The van der Waals surface area contributed by atoms with Crippen molar-refractivity contribution >= 4 is 35.0 Å². The van der Waals surface area contributed by atoms with E-state index in [9.17, 15) is 9.59 Å². The first-order chi connectivity index (χ1) is 11.4. The van der Waals surface area contributed by atoms with Gasteiger partial charge in [0.2, 0.25) is 0 Å². The molecule has 1 aromatic heterocycles. The predicted octanol–water partition coefficient (Wildman–Crippen LogP) is 2.99. The molecule has 0 spiro atoms. The van der Waals surface area contributed by atoms with E-state index in [4.69, 9.17) is 11.6 Å². The molecule has 0 fully saturated rings. The SMILES string of the molecule is COC(=O)c1ccc(Cl)c(NC(=O)c2cc(NC(C)C)ncn2)c1. The molecule has 1 aromatic carbocycles. The molecule has 0 aliphatic rings. The number of esters is 1. The van der Waals surface area contributed by atoms with Crippen LogP contribution in [0.3, 0.4) is 0 Å². The number of hydrogen-bond acceptors (Lipinski definition) is 6. The van der Waals surface area contributed by atoms with Crippen LogP contribution in [0.5, 0.6) is 0 Å². The number of methoxy groups -OCH3 is 1. The van der Waals surface area contributed by atoms with Crippen LogP contribution in [0.15, 0.2) is 30.6 Å². The number of rotatable bonds is 5. The molecule has 2 aromatic rings. The van der Waals surface area contributed by atoms with Gasteiger partial charge in [0.05, 0.1) is 23.4 Å². The lowest BCUT2D eigenvalue weighted by Gasteiger charge is -2.11. The summed E-state index contributed by atoms with van der Waals surface area (Å²) in [5.41, 5.74) is 0.747. The van der Waals surface area contributed by atoms with Gasteiger partial charge in [-0.15, -0.1) is 0 Å². The minimum Gasteiger partial charge on any atom is -0.465 e. The molecule has 0 saturated heterocycles. The normalized spacial score (nSPS) is 10.4. The van der Waals surface area contributed by atoms with Gasteiger partial charge in [0.15, 0.2) is 0 Å². The molecule has 0 unspecified atom stereocenters. The van der Waals surface area contributed by atoms with E-state index in [0.717, 1.165) is 0 Å². The molecular formula is C16H17ClN4O3. The second kappa shape index (κ2) is 7.74. The number of aromatic nitrogens is 2. The third-order valence-corrected chi connectivity index (χ3v) is 3.30. The Hall–Kier alpha value is -2.67. The van der Waals surface area contributed by atoms with Crippen molar-refractivity contribution in [3.63, 3.8) is 0 Å². The minimum absolute atomic E-state index is 0.169. The number of carbonyl (C=O) groups excluding carboxylic acids is 2. The summed E-state index contributed by atoms with van der Waals surface area (Å²) in [7, 11) is 1.28. The summed E-state index contributed by atoms with van der Waals surface area (Å²) in [5.74, 6) is -0.444.